The molecule has 1 fully saturated rings. The van der Waals surface area contributed by atoms with Crippen molar-refractivity contribution in [2.24, 2.45) is 0 Å². The Morgan fingerprint density at radius 2 is 2.60 bits per heavy atom. The van der Waals surface area contributed by atoms with Crippen molar-refractivity contribution in [2.45, 2.75) is 25.8 Å². The minimum atomic E-state index is 0.119. The van der Waals surface area contributed by atoms with Gasteiger partial charge in [-0.2, -0.15) is 5.26 Å². The summed E-state index contributed by atoms with van der Waals surface area (Å²) in [7, 11) is 0. The monoisotopic (exact) mass is 138 g/mol. The molecule has 1 atom stereocenters. The van der Waals surface area contributed by atoms with Crippen LogP contribution in [0.2, 0.25) is 0 Å². The van der Waals surface area contributed by atoms with Gasteiger partial charge in [0.05, 0.1) is 6.07 Å². The predicted octanol–water partition coefficient (Wildman–Crippen LogP) is 0.521. The van der Waals surface area contributed by atoms with Gasteiger partial charge in [-0.05, 0) is 13.3 Å². The van der Waals surface area contributed by atoms with Crippen molar-refractivity contribution in [1.29, 1.82) is 5.26 Å². The van der Waals surface area contributed by atoms with E-state index in [-0.39, 0.29) is 18.5 Å². The van der Waals surface area contributed by atoms with Gasteiger partial charge in [-0.25, -0.2) is 0 Å². The quantitative estimate of drug-likeness (QED) is 0.496. The summed E-state index contributed by atoms with van der Waals surface area (Å²) >= 11 is 0. The molecule has 0 bridgehead atoms. The van der Waals surface area contributed by atoms with E-state index in [1.165, 1.54) is 0 Å². The molecule has 0 spiro atoms. The van der Waals surface area contributed by atoms with Gasteiger partial charge >= 0.3 is 0 Å². The molecule has 3 nitrogen and oxygen atoms in total. The Kier molecular flexibility index (Phi) is 1.91. The highest BCUT2D eigenvalue weighted by Crippen LogP contribution is 2.16. The number of hydrogen-bond acceptors (Lipinski definition) is 2. The normalized spacial score (nSPS) is 25.0. The van der Waals surface area contributed by atoms with E-state index in [1.807, 2.05) is 13.0 Å². The average molecular weight is 138 g/mol. The first-order chi connectivity index (χ1) is 4.75. The Bertz CT molecular complexity index is 183. The lowest BCUT2D eigenvalue weighted by Crippen LogP contribution is -2.30. The topological polar surface area (TPSA) is 44.1 Å². The lowest BCUT2D eigenvalue weighted by atomic mass is 10.2. The van der Waals surface area contributed by atoms with Gasteiger partial charge in [-0.3, -0.25) is 4.79 Å². The molecule has 1 heterocycles. The maximum Gasteiger partial charge on any atom is 0.223 e. The fraction of sp³-hybridized carbons (Fsp3) is 0.714. The predicted molar refractivity (Wildman–Crippen MR) is 36.0 cm³/mol. The van der Waals surface area contributed by atoms with Gasteiger partial charge in [0.1, 0.15) is 6.54 Å². The van der Waals surface area contributed by atoms with Crippen LogP contribution in [-0.4, -0.2) is 23.4 Å². The zero-order chi connectivity index (χ0) is 7.56. The number of hydrogen-bond donors (Lipinski definition) is 0. The summed E-state index contributed by atoms with van der Waals surface area (Å²) in [5.41, 5.74) is 0. The fourth-order valence-electron chi connectivity index (χ4n) is 1.20. The zero-order valence-corrected chi connectivity index (χ0v) is 6.00. The minimum absolute atomic E-state index is 0.119. The van der Waals surface area contributed by atoms with Crippen LogP contribution in [0.25, 0.3) is 0 Å². The molecule has 54 valence electrons. The summed E-state index contributed by atoms with van der Waals surface area (Å²) in [6.07, 6.45) is 1.52. The molecule has 0 N–H and O–H groups in total. The first-order valence-electron chi connectivity index (χ1n) is 3.42. The standard InChI is InChI=1S/C7H10N2O/c1-6-2-3-7(10)9(6)5-4-8/h6H,2-3,5H2,1H3. The Labute approximate surface area is 60.2 Å². The highest BCUT2D eigenvalue weighted by molar-refractivity contribution is 5.78. The van der Waals surface area contributed by atoms with E-state index in [2.05, 4.69) is 0 Å². The summed E-state index contributed by atoms with van der Waals surface area (Å²) < 4.78 is 0. The van der Waals surface area contributed by atoms with Gasteiger partial charge < -0.3 is 4.90 Å². The van der Waals surface area contributed by atoms with Crippen LogP contribution in [0.1, 0.15) is 19.8 Å². The molecule has 0 aromatic rings. The summed E-state index contributed by atoms with van der Waals surface area (Å²) in [4.78, 5) is 12.6. The van der Waals surface area contributed by atoms with E-state index in [0.29, 0.717) is 6.42 Å². The zero-order valence-electron chi connectivity index (χ0n) is 6.00. The molecule has 1 saturated heterocycles. The van der Waals surface area contributed by atoms with E-state index in [0.717, 1.165) is 6.42 Å². The summed E-state index contributed by atoms with van der Waals surface area (Å²) in [6, 6.07) is 2.25. The minimum Gasteiger partial charge on any atom is -0.327 e. The average Bonchev–Trinajstić information content (AvgIpc) is 2.20. The number of likely N-dealkylation sites (tertiary alicyclic amines) is 1. The van der Waals surface area contributed by atoms with E-state index in [9.17, 15) is 4.79 Å². The first-order valence-corrected chi connectivity index (χ1v) is 3.42. The molecule has 3 heteroatoms. The molecule has 0 aliphatic carbocycles. The molecule has 0 aromatic heterocycles. The Balaban J connectivity index is 2.56. The van der Waals surface area contributed by atoms with Crippen molar-refractivity contribution < 1.29 is 4.79 Å². The molecule has 1 aliphatic heterocycles. The van der Waals surface area contributed by atoms with E-state index < -0.39 is 0 Å². The van der Waals surface area contributed by atoms with Crippen LogP contribution in [0.4, 0.5) is 0 Å². The smallest absolute Gasteiger partial charge is 0.223 e. The van der Waals surface area contributed by atoms with Crippen LogP contribution < -0.4 is 0 Å². The third kappa shape index (κ3) is 1.10. The Morgan fingerprint density at radius 1 is 1.90 bits per heavy atom. The number of carbonyl (C=O) groups is 1. The molecule has 1 aliphatic rings. The number of carbonyl (C=O) groups excluding carboxylic acids is 1. The van der Waals surface area contributed by atoms with E-state index >= 15 is 0 Å². The van der Waals surface area contributed by atoms with Crippen LogP contribution in [0.3, 0.4) is 0 Å². The molecular formula is C7H10N2O. The lowest BCUT2D eigenvalue weighted by molar-refractivity contribution is -0.128. The molecule has 0 saturated carbocycles. The SMILES string of the molecule is CC1CCC(=O)N1CC#N. The Hall–Kier alpha value is -1.04. The van der Waals surface area contributed by atoms with Crippen molar-refractivity contribution >= 4 is 5.91 Å². The second kappa shape index (κ2) is 2.70. The van der Waals surface area contributed by atoms with Gasteiger partial charge in [0.25, 0.3) is 0 Å². The maximum absolute atomic E-state index is 10.9. The highest BCUT2D eigenvalue weighted by atomic mass is 16.2. The first kappa shape index (κ1) is 7.07. The van der Waals surface area contributed by atoms with Crippen molar-refractivity contribution in [3.63, 3.8) is 0 Å². The number of rotatable bonds is 1. The molecule has 1 amide bonds. The van der Waals surface area contributed by atoms with Crippen molar-refractivity contribution in [3.8, 4) is 6.07 Å². The van der Waals surface area contributed by atoms with Crippen LogP contribution in [0.15, 0.2) is 0 Å². The van der Waals surface area contributed by atoms with Crippen LogP contribution in [0, 0.1) is 11.3 Å². The second-order valence-electron chi connectivity index (χ2n) is 2.57. The Morgan fingerprint density at radius 3 is 3.00 bits per heavy atom. The maximum atomic E-state index is 10.9. The number of nitrogens with zero attached hydrogens (tertiary/aromatic N) is 2. The van der Waals surface area contributed by atoms with Crippen molar-refractivity contribution in [2.75, 3.05) is 6.54 Å². The molecule has 1 rings (SSSR count). The van der Waals surface area contributed by atoms with Crippen molar-refractivity contribution in [3.05, 3.63) is 0 Å². The van der Waals surface area contributed by atoms with Crippen LogP contribution >= 0.6 is 0 Å². The van der Waals surface area contributed by atoms with Gasteiger partial charge in [-0.1, -0.05) is 0 Å². The molecule has 10 heavy (non-hydrogen) atoms. The van der Waals surface area contributed by atoms with Crippen LogP contribution in [0.5, 0.6) is 0 Å². The molecule has 1 unspecified atom stereocenters. The largest absolute Gasteiger partial charge is 0.327 e. The summed E-state index contributed by atoms with van der Waals surface area (Å²) in [5.74, 6) is 0.119. The van der Waals surface area contributed by atoms with Gasteiger partial charge in [0, 0.05) is 12.5 Å². The van der Waals surface area contributed by atoms with E-state index in [4.69, 9.17) is 5.26 Å². The summed E-state index contributed by atoms with van der Waals surface area (Å²) in [5, 5.41) is 8.32. The number of nitriles is 1. The third-order valence-corrected chi connectivity index (χ3v) is 1.87. The van der Waals surface area contributed by atoms with Crippen molar-refractivity contribution in [1.82, 2.24) is 4.90 Å². The third-order valence-electron chi connectivity index (χ3n) is 1.87. The van der Waals surface area contributed by atoms with Gasteiger partial charge in [0.15, 0.2) is 0 Å². The second-order valence-corrected chi connectivity index (χ2v) is 2.57. The number of amides is 1. The van der Waals surface area contributed by atoms with Gasteiger partial charge in [0.2, 0.25) is 5.91 Å². The molecule has 0 aromatic carbocycles. The summed E-state index contributed by atoms with van der Waals surface area (Å²) in [6.45, 7) is 2.22. The van der Waals surface area contributed by atoms with Crippen LogP contribution in [-0.2, 0) is 4.79 Å². The molecule has 0 radical (unpaired) electrons. The lowest BCUT2D eigenvalue weighted by Gasteiger charge is -2.16. The van der Waals surface area contributed by atoms with E-state index in [1.54, 1.807) is 4.90 Å². The molecular weight excluding hydrogens is 128 g/mol. The van der Waals surface area contributed by atoms with Gasteiger partial charge in [-0.15, -0.1) is 0 Å². The fourth-order valence-corrected chi connectivity index (χ4v) is 1.20. The highest BCUT2D eigenvalue weighted by Gasteiger charge is 2.26.